The summed E-state index contributed by atoms with van der Waals surface area (Å²) in [7, 11) is 1.71. The van der Waals surface area contributed by atoms with Crippen LogP contribution in [-0.2, 0) is 12.0 Å². The van der Waals surface area contributed by atoms with E-state index in [-0.39, 0.29) is 11.3 Å². The van der Waals surface area contributed by atoms with Crippen molar-refractivity contribution in [2.24, 2.45) is 0 Å². The fourth-order valence-corrected chi connectivity index (χ4v) is 5.44. The summed E-state index contributed by atoms with van der Waals surface area (Å²) >= 11 is 0. The summed E-state index contributed by atoms with van der Waals surface area (Å²) in [6.07, 6.45) is 9.03. The van der Waals surface area contributed by atoms with Gasteiger partial charge in [-0.2, -0.15) is 0 Å². The van der Waals surface area contributed by atoms with Crippen LogP contribution in [0.3, 0.4) is 0 Å². The van der Waals surface area contributed by atoms with Gasteiger partial charge in [0.2, 0.25) is 0 Å². The Morgan fingerprint density at radius 2 is 1.81 bits per heavy atom. The number of carbonyl (C=O) groups is 1. The summed E-state index contributed by atoms with van der Waals surface area (Å²) in [5.41, 5.74) is 3.88. The van der Waals surface area contributed by atoms with Crippen LogP contribution in [0.2, 0.25) is 0 Å². The smallest absolute Gasteiger partial charge is 0.274 e. The number of ether oxygens (including phenoxy) is 1. The minimum atomic E-state index is 0.0636. The zero-order chi connectivity index (χ0) is 22.0. The highest BCUT2D eigenvalue weighted by Crippen LogP contribution is 2.41. The highest BCUT2D eigenvalue weighted by molar-refractivity contribution is 5.94. The van der Waals surface area contributed by atoms with Crippen LogP contribution in [-0.4, -0.2) is 46.9 Å². The largest absolute Gasteiger partial charge is 0.497 e. The molecule has 32 heavy (non-hydrogen) atoms. The molecule has 1 aliphatic heterocycles. The van der Waals surface area contributed by atoms with Crippen LogP contribution in [0.1, 0.15) is 60.3 Å². The van der Waals surface area contributed by atoms with Crippen molar-refractivity contribution in [3.05, 3.63) is 65.6 Å². The fraction of sp³-hybridized carbons (Fsp3) is 0.462. The molecule has 0 radical (unpaired) electrons. The quantitative estimate of drug-likeness (QED) is 0.609. The Balaban J connectivity index is 1.38. The number of likely N-dealkylation sites (tertiary alicyclic amines) is 1. The van der Waals surface area contributed by atoms with E-state index in [1.165, 1.54) is 31.2 Å². The van der Waals surface area contributed by atoms with Crippen molar-refractivity contribution in [2.75, 3.05) is 26.7 Å². The Bertz CT molecular complexity index is 1080. The number of hydrogen-bond donors (Lipinski definition) is 1. The number of aromatic nitrogens is 2. The lowest BCUT2D eigenvalue weighted by Gasteiger charge is -2.30. The summed E-state index contributed by atoms with van der Waals surface area (Å²) in [6, 6.07) is 14.5. The SMILES string of the molecule is COc1ccc(C2(CNCc3c(C(=O)N4CCCC4)nc4ccccn34)CCCC2)cc1. The highest BCUT2D eigenvalue weighted by Gasteiger charge is 2.35. The van der Waals surface area contributed by atoms with Crippen LogP contribution >= 0.6 is 0 Å². The minimum absolute atomic E-state index is 0.0636. The number of amides is 1. The Morgan fingerprint density at radius 1 is 1.06 bits per heavy atom. The van der Waals surface area contributed by atoms with Gasteiger partial charge in [0.1, 0.15) is 11.4 Å². The maximum atomic E-state index is 13.2. The van der Waals surface area contributed by atoms with E-state index in [1.807, 2.05) is 29.3 Å². The van der Waals surface area contributed by atoms with E-state index >= 15 is 0 Å². The van der Waals surface area contributed by atoms with Crippen molar-refractivity contribution in [3.8, 4) is 5.75 Å². The number of rotatable bonds is 7. The molecule has 1 saturated heterocycles. The van der Waals surface area contributed by atoms with E-state index in [2.05, 4.69) is 34.0 Å². The molecule has 1 aromatic carbocycles. The molecule has 1 N–H and O–H groups in total. The first-order valence-electron chi connectivity index (χ1n) is 11.8. The molecule has 6 nitrogen and oxygen atoms in total. The second kappa shape index (κ2) is 8.94. The van der Waals surface area contributed by atoms with Gasteiger partial charge >= 0.3 is 0 Å². The molecule has 1 amide bonds. The van der Waals surface area contributed by atoms with E-state index in [0.29, 0.717) is 12.2 Å². The Hall–Kier alpha value is -2.86. The first-order chi connectivity index (χ1) is 15.7. The zero-order valence-corrected chi connectivity index (χ0v) is 18.8. The van der Waals surface area contributed by atoms with Gasteiger partial charge in [-0.1, -0.05) is 31.0 Å². The number of hydrogen-bond acceptors (Lipinski definition) is 4. The second-order valence-electron chi connectivity index (χ2n) is 9.15. The summed E-state index contributed by atoms with van der Waals surface area (Å²) in [5, 5.41) is 3.71. The van der Waals surface area contributed by atoms with Gasteiger partial charge in [-0.25, -0.2) is 4.98 Å². The number of fused-ring (bicyclic) bond motifs is 1. The molecule has 5 rings (SSSR count). The van der Waals surface area contributed by atoms with Crippen LogP contribution in [0.15, 0.2) is 48.7 Å². The number of nitrogens with zero attached hydrogens (tertiary/aromatic N) is 3. The summed E-state index contributed by atoms with van der Waals surface area (Å²) < 4.78 is 7.41. The Labute approximate surface area is 189 Å². The van der Waals surface area contributed by atoms with Crippen molar-refractivity contribution in [2.45, 2.75) is 50.5 Å². The molecule has 2 aliphatic rings. The Kier molecular flexibility index (Phi) is 5.87. The van der Waals surface area contributed by atoms with Crippen LogP contribution in [0, 0.1) is 0 Å². The summed E-state index contributed by atoms with van der Waals surface area (Å²) in [4.78, 5) is 19.9. The summed E-state index contributed by atoms with van der Waals surface area (Å²) in [5.74, 6) is 0.958. The van der Waals surface area contributed by atoms with Gasteiger partial charge in [-0.3, -0.25) is 4.79 Å². The fourth-order valence-electron chi connectivity index (χ4n) is 5.44. The normalized spacial score (nSPS) is 17.8. The molecular weight excluding hydrogens is 400 g/mol. The van der Waals surface area contributed by atoms with Gasteiger partial charge in [0.15, 0.2) is 5.69 Å². The highest BCUT2D eigenvalue weighted by atomic mass is 16.5. The van der Waals surface area contributed by atoms with Crippen molar-refractivity contribution < 1.29 is 9.53 Å². The van der Waals surface area contributed by atoms with Gasteiger partial charge in [-0.05, 0) is 55.5 Å². The van der Waals surface area contributed by atoms with Crippen molar-refractivity contribution in [1.29, 1.82) is 0 Å². The second-order valence-corrected chi connectivity index (χ2v) is 9.15. The van der Waals surface area contributed by atoms with Crippen molar-refractivity contribution in [3.63, 3.8) is 0 Å². The third-order valence-electron chi connectivity index (χ3n) is 7.24. The first-order valence-corrected chi connectivity index (χ1v) is 11.8. The maximum Gasteiger partial charge on any atom is 0.274 e. The van der Waals surface area contributed by atoms with Gasteiger partial charge < -0.3 is 19.4 Å². The molecule has 3 aromatic rings. The molecule has 0 unspecified atom stereocenters. The number of carbonyl (C=O) groups excluding carboxylic acids is 1. The maximum absolute atomic E-state index is 13.2. The van der Waals surface area contributed by atoms with Crippen LogP contribution in [0.4, 0.5) is 0 Å². The molecule has 1 saturated carbocycles. The van der Waals surface area contributed by atoms with Crippen LogP contribution < -0.4 is 10.1 Å². The predicted molar refractivity (Wildman–Crippen MR) is 125 cm³/mol. The van der Waals surface area contributed by atoms with Crippen LogP contribution in [0.5, 0.6) is 5.75 Å². The molecule has 1 aliphatic carbocycles. The Morgan fingerprint density at radius 3 is 2.53 bits per heavy atom. The van der Waals surface area contributed by atoms with Crippen molar-refractivity contribution in [1.82, 2.24) is 19.6 Å². The minimum Gasteiger partial charge on any atom is -0.497 e. The zero-order valence-electron chi connectivity index (χ0n) is 18.8. The average Bonchev–Trinajstić information content (AvgIpc) is 3.60. The molecule has 168 valence electrons. The van der Waals surface area contributed by atoms with E-state index in [0.717, 1.165) is 49.6 Å². The average molecular weight is 433 g/mol. The monoisotopic (exact) mass is 432 g/mol. The molecule has 3 heterocycles. The van der Waals surface area contributed by atoms with Gasteiger partial charge in [-0.15, -0.1) is 0 Å². The number of methoxy groups -OCH3 is 1. The molecule has 2 fully saturated rings. The summed E-state index contributed by atoms with van der Waals surface area (Å²) in [6.45, 7) is 3.18. The molecule has 0 atom stereocenters. The third kappa shape index (κ3) is 3.88. The lowest BCUT2D eigenvalue weighted by molar-refractivity contribution is 0.0786. The van der Waals surface area contributed by atoms with E-state index in [9.17, 15) is 4.79 Å². The molecule has 2 aromatic heterocycles. The first kappa shape index (κ1) is 21.0. The molecule has 6 heteroatoms. The van der Waals surface area contributed by atoms with Crippen molar-refractivity contribution >= 4 is 11.6 Å². The van der Waals surface area contributed by atoms with Gasteiger partial charge in [0.25, 0.3) is 5.91 Å². The van der Waals surface area contributed by atoms with E-state index in [1.54, 1.807) is 7.11 Å². The standard InChI is InChI=1S/C26H32N4O2/c1-32-21-11-9-20(10-12-21)26(13-3-4-14-26)19-27-18-22-24(25(31)29-15-6-7-16-29)28-23-8-2-5-17-30(22)23/h2,5,8-12,17,27H,3-4,6-7,13-16,18-19H2,1H3. The van der Waals surface area contributed by atoms with Crippen LogP contribution in [0.25, 0.3) is 5.65 Å². The number of nitrogens with one attached hydrogen (secondary N) is 1. The molecular formula is C26H32N4O2. The topological polar surface area (TPSA) is 58.9 Å². The number of imidazole rings is 1. The van der Waals surface area contributed by atoms with Gasteiger partial charge in [0.05, 0.1) is 12.8 Å². The lowest BCUT2D eigenvalue weighted by Crippen LogP contribution is -2.36. The predicted octanol–water partition coefficient (Wildman–Crippen LogP) is 4.18. The molecule has 0 spiro atoms. The third-order valence-corrected chi connectivity index (χ3v) is 7.24. The number of pyridine rings is 1. The van der Waals surface area contributed by atoms with Gasteiger partial charge in [0, 0.05) is 37.8 Å². The van der Waals surface area contributed by atoms with E-state index in [4.69, 9.17) is 9.72 Å². The lowest BCUT2D eigenvalue weighted by atomic mass is 9.78. The van der Waals surface area contributed by atoms with E-state index < -0.39 is 0 Å². The molecule has 0 bridgehead atoms. The number of benzene rings is 1.